The molecule has 3 rings (SSSR count). The van der Waals surface area contributed by atoms with E-state index in [0.29, 0.717) is 11.5 Å². The number of hydrogen-bond donors (Lipinski definition) is 2. The molecule has 0 aliphatic heterocycles. The van der Waals surface area contributed by atoms with Gasteiger partial charge in [-0.1, -0.05) is 12.1 Å². The molecule has 0 atom stereocenters. The fraction of sp³-hybridized carbons (Fsp3) is 0.105. The number of anilines is 3. The number of hydrogen-bond acceptors (Lipinski definition) is 4. The van der Waals surface area contributed by atoms with Gasteiger partial charge in [-0.2, -0.15) is 0 Å². The van der Waals surface area contributed by atoms with Gasteiger partial charge < -0.3 is 10.6 Å². The predicted molar refractivity (Wildman–Crippen MR) is 95.6 cm³/mol. The second-order valence-corrected chi connectivity index (χ2v) is 5.62. The smallest absolute Gasteiger partial charge is 0.274 e. The van der Waals surface area contributed by atoms with Gasteiger partial charge in [0.15, 0.2) is 0 Å². The van der Waals surface area contributed by atoms with Crippen molar-refractivity contribution in [1.82, 2.24) is 9.97 Å². The molecule has 0 bridgehead atoms. The Bertz CT molecular complexity index is 910. The molecule has 3 aromatic rings. The molecule has 1 aromatic heterocycles. The van der Waals surface area contributed by atoms with Gasteiger partial charge in [-0.3, -0.25) is 4.79 Å². The molecule has 5 nitrogen and oxygen atoms in total. The van der Waals surface area contributed by atoms with Crippen molar-refractivity contribution in [2.75, 3.05) is 10.6 Å². The Kier molecular flexibility index (Phi) is 4.70. The van der Waals surface area contributed by atoms with E-state index in [2.05, 4.69) is 20.6 Å². The van der Waals surface area contributed by atoms with E-state index in [-0.39, 0.29) is 17.4 Å². The topological polar surface area (TPSA) is 66.9 Å². The van der Waals surface area contributed by atoms with Crippen LogP contribution in [0.4, 0.5) is 21.6 Å². The fourth-order valence-corrected chi connectivity index (χ4v) is 2.30. The SMILES string of the molecule is Cc1cccc(NC(=O)c2cc(Nc3ccc(F)cc3)ncn2)c1C. The highest BCUT2D eigenvalue weighted by Crippen LogP contribution is 2.19. The lowest BCUT2D eigenvalue weighted by molar-refractivity contribution is 0.102. The molecule has 126 valence electrons. The van der Waals surface area contributed by atoms with Gasteiger partial charge in [-0.05, 0) is 55.3 Å². The fourth-order valence-electron chi connectivity index (χ4n) is 2.30. The minimum atomic E-state index is -0.321. The van der Waals surface area contributed by atoms with E-state index in [1.54, 1.807) is 18.2 Å². The number of carbonyl (C=O) groups is 1. The second-order valence-electron chi connectivity index (χ2n) is 5.62. The van der Waals surface area contributed by atoms with Crippen LogP contribution in [-0.4, -0.2) is 15.9 Å². The zero-order valence-corrected chi connectivity index (χ0v) is 13.9. The van der Waals surface area contributed by atoms with E-state index in [4.69, 9.17) is 0 Å². The number of rotatable bonds is 4. The maximum atomic E-state index is 13.0. The van der Waals surface area contributed by atoms with Gasteiger partial charge in [0.25, 0.3) is 5.91 Å². The number of halogens is 1. The Labute approximate surface area is 145 Å². The Balaban J connectivity index is 1.77. The van der Waals surface area contributed by atoms with Crippen LogP contribution in [0.25, 0.3) is 0 Å². The van der Waals surface area contributed by atoms with Crippen LogP contribution in [0.5, 0.6) is 0 Å². The molecule has 1 amide bonds. The summed E-state index contributed by atoms with van der Waals surface area (Å²) in [6.45, 7) is 3.94. The second kappa shape index (κ2) is 7.09. The molecule has 0 aliphatic carbocycles. The molecule has 25 heavy (non-hydrogen) atoms. The first-order chi connectivity index (χ1) is 12.0. The van der Waals surface area contributed by atoms with E-state index in [1.807, 2.05) is 32.0 Å². The van der Waals surface area contributed by atoms with E-state index in [0.717, 1.165) is 16.8 Å². The number of carbonyl (C=O) groups excluding carboxylic acids is 1. The largest absolute Gasteiger partial charge is 0.340 e. The molecule has 0 spiro atoms. The predicted octanol–water partition coefficient (Wildman–Crippen LogP) is 4.23. The highest BCUT2D eigenvalue weighted by molar-refractivity contribution is 6.03. The van der Waals surface area contributed by atoms with Crippen molar-refractivity contribution in [3.05, 3.63) is 77.5 Å². The number of amides is 1. The summed E-state index contributed by atoms with van der Waals surface area (Å²) in [6, 6.07) is 13.1. The van der Waals surface area contributed by atoms with Crippen molar-refractivity contribution in [2.24, 2.45) is 0 Å². The van der Waals surface area contributed by atoms with Gasteiger partial charge in [0, 0.05) is 17.4 Å². The first kappa shape index (κ1) is 16.6. The summed E-state index contributed by atoms with van der Waals surface area (Å²) in [7, 11) is 0. The maximum absolute atomic E-state index is 13.0. The van der Waals surface area contributed by atoms with E-state index >= 15 is 0 Å². The summed E-state index contributed by atoms with van der Waals surface area (Å²) in [5, 5.41) is 5.87. The van der Waals surface area contributed by atoms with Crippen LogP contribution in [-0.2, 0) is 0 Å². The van der Waals surface area contributed by atoms with Crippen LogP contribution < -0.4 is 10.6 Å². The summed E-state index contributed by atoms with van der Waals surface area (Å²) in [4.78, 5) is 20.6. The Morgan fingerprint density at radius 3 is 2.56 bits per heavy atom. The molecule has 0 radical (unpaired) electrons. The van der Waals surface area contributed by atoms with E-state index in [1.165, 1.54) is 18.5 Å². The summed E-state index contributed by atoms with van der Waals surface area (Å²) in [5.41, 5.74) is 3.76. The standard InChI is InChI=1S/C19H17FN4O/c1-12-4-3-5-16(13(12)2)24-19(25)17-10-18(22-11-21-17)23-15-8-6-14(20)7-9-15/h3-11H,1-2H3,(H,24,25)(H,21,22,23). The third-order valence-electron chi connectivity index (χ3n) is 3.87. The zero-order valence-electron chi connectivity index (χ0n) is 13.9. The molecule has 0 unspecified atom stereocenters. The van der Waals surface area contributed by atoms with Gasteiger partial charge in [-0.25, -0.2) is 14.4 Å². The van der Waals surface area contributed by atoms with Crippen molar-refractivity contribution in [3.8, 4) is 0 Å². The number of aryl methyl sites for hydroxylation is 1. The van der Waals surface area contributed by atoms with Gasteiger partial charge in [0.05, 0.1) is 0 Å². The minimum Gasteiger partial charge on any atom is -0.340 e. The highest BCUT2D eigenvalue weighted by atomic mass is 19.1. The third-order valence-corrected chi connectivity index (χ3v) is 3.87. The van der Waals surface area contributed by atoms with Gasteiger partial charge in [0.1, 0.15) is 23.7 Å². The van der Waals surface area contributed by atoms with Crippen molar-refractivity contribution < 1.29 is 9.18 Å². The molecular formula is C19H17FN4O. The van der Waals surface area contributed by atoms with Gasteiger partial charge in [0.2, 0.25) is 0 Å². The van der Waals surface area contributed by atoms with Gasteiger partial charge in [-0.15, -0.1) is 0 Å². The molecule has 2 N–H and O–H groups in total. The number of nitrogens with one attached hydrogen (secondary N) is 2. The van der Waals surface area contributed by atoms with Crippen LogP contribution in [0.3, 0.4) is 0 Å². The van der Waals surface area contributed by atoms with Crippen molar-refractivity contribution in [1.29, 1.82) is 0 Å². The van der Waals surface area contributed by atoms with Crippen molar-refractivity contribution in [3.63, 3.8) is 0 Å². The van der Waals surface area contributed by atoms with Crippen LogP contribution in [0.2, 0.25) is 0 Å². The first-order valence-corrected chi connectivity index (χ1v) is 7.75. The quantitative estimate of drug-likeness (QED) is 0.748. The first-order valence-electron chi connectivity index (χ1n) is 7.75. The Hall–Kier alpha value is -3.28. The summed E-state index contributed by atoms with van der Waals surface area (Å²) < 4.78 is 13.0. The van der Waals surface area contributed by atoms with Gasteiger partial charge >= 0.3 is 0 Å². The molecule has 0 fully saturated rings. The average molecular weight is 336 g/mol. The lowest BCUT2D eigenvalue weighted by Crippen LogP contribution is -2.15. The third kappa shape index (κ3) is 3.98. The zero-order chi connectivity index (χ0) is 17.8. The lowest BCUT2D eigenvalue weighted by Gasteiger charge is -2.11. The highest BCUT2D eigenvalue weighted by Gasteiger charge is 2.11. The molecular weight excluding hydrogens is 319 g/mol. The van der Waals surface area contributed by atoms with Crippen molar-refractivity contribution in [2.45, 2.75) is 13.8 Å². The van der Waals surface area contributed by atoms with Crippen molar-refractivity contribution >= 4 is 23.1 Å². The Morgan fingerprint density at radius 2 is 1.80 bits per heavy atom. The number of aromatic nitrogens is 2. The minimum absolute atomic E-state index is 0.237. The summed E-state index contributed by atoms with van der Waals surface area (Å²) >= 11 is 0. The van der Waals surface area contributed by atoms with Crippen LogP contribution in [0.1, 0.15) is 21.6 Å². The molecule has 1 heterocycles. The molecule has 2 aromatic carbocycles. The number of nitrogens with zero attached hydrogens (tertiary/aromatic N) is 2. The monoisotopic (exact) mass is 336 g/mol. The van der Waals surface area contributed by atoms with E-state index in [9.17, 15) is 9.18 Å². The molecule has 6 heteroatoms. The lowest BCUT2D eigenvalue weighted by atomic mass is 10.1. The molecule has 0 saturated carbocycles. The average Bonchev–Trinajstić information content (AvgIpc) is 2.61. The van der Waals surface area contributed by atoms with E-state index < -0.39 is 0 Å². The van der Waals surface area contributed by atoms with Crippen LogP contribution >= 0.6 is 0 Å². The Morgan fingerprint density at radius 1 is 1.04 bits per heavy atom. The summed E-state index contributed by atoms with van der Waals surface area (Å²) in [5.74, 6) is -0.187. The van der Waals surface area contributed by atoms with Crippen LogP contribution in [0, 0.1) is 19.7 Å². The summed E-state index contributed by atoms with van der Waals surface area (Å²) in [6.07, 6.45) is 1.31. The molecule has 0 aliphatic rings. The number of benzene rings is 2. The normalized spacial score (nSPS) is 10.4. The van der Waals surface area contributed by atoms with Crippen LogP contribution in [0.15, 0.2) is 54.9 Å². The molecule has 0 saturated heterocycles. The maximum Gasteiger partial charge on any atom is 0.274 e.